The van der Waals surface area contributed by atoms with E-state index in [4.69, 9.17) is 9.47 Å². The fourth-order valence-corrected chi connectivity index (χ4v) is 4.12. The topological polar surface area (TPSA) is 79.1 Å². The fourth-order valence-electron chi connectivity index (χ4n) is 3.02. The Kier molecular flexibility index (Phi) is 3.96. The van der Waals surface area contributed by atoms with Crippen LogP contribution in [0.4, 0.5) is 0 Å². The van der Waals surface area contributed by atoms with E-state index in [1.165, 1.54) is 11.3 Å². The average molecular weight is 356 g/mol. The first-order valence-corrected chi connectivity index (χ1v) is 8.79. The number of esters is 1. The highest BCUT2D eigenvalue weighted by molar-refractivity contribution is 7.16. The van der Waals surface area contributed by atoms with Crippen LogP contribution in [0.3, 0.4) is 0 Å². The van der Waals surface area contributed by atoms with Crippen molar-refractivity contribution in [3.8, 4) is 22.3 Å². The zero-order chi connectivity index (χ0) is 17.4. The van der Waals surface area contributed by atoms with Gasteiger partial charge in [-0.1, -0.05) is 11.3 Å². The van der Waals surface area contributed by atoms with Crippen LogP contribution in [0.15, 0.2) is 24.7 Å². The fraction of sp³-hybridized carbons (Fsp3) is 0.294. The number of hydrogen-bond acceptors (Lipinski definition) is 7. The Morgan fingerprint density at radius 2 is 2.12 bits per heavy atom. The smallest absolute Gasteiger partial charge is 0.348 e. The maximum atomic E-state index is 12.4. The first-order chi connectivity index (χ1) is 12.2. The van der Waals surface area contributed by atoms with Crippen LogP contribution in [0.5, 0.6) is 11.1 Å². The number of rotatable bonds is 4. The average Bonchev–Trinajstić information content (AvgIpc) is 3.17. The summed E-state index contributed by atoms with van der Waals surface area (Å²) in [5, 5.41) is 4.95. The second-order valence-corrected chi connectivity index (χ2v) is 6.55. The lowest BCUT2D eigenvalue weighted by atomic mass is 9.92. The third-order valence-corrected chi connectivity index (χ3v) is 5.15. The largest absolute Gasteiger partial charge is 0.462 e. The molecular formula is C17H16N4O3S. The summed E-state index contributed by atoms with van der Waals surface area (Å²) in [5.41, 5.74) is 3.95. The Morgan fingerprint density at radius 3 is 2.88 bits per heavy atom. The molecule has 0 aromatic carbocycles. The number of thiophene rings is 1. The number of nitrogens with zero attached hydrogens (tertiary/aromatic N) is 4. The molecule has 25 heavy (non-hydrogen) atoms. The number of aromatic nitrogens is 4. The van der Waals surface area contributed by atoms with Gasteiger partial charge in [-0.25, -0.2) is 14.8 Å². The molecule has 0 amide bonds. The van der Waals surface area contributed by atoms with Crippen molar-refractivity contribution in [1.82, 2.24) is 19.7 Å². The minimum Gasteiger partial charge on any atom is -0.462 e. The summed E-state index contributed by atoms with van der Waals surface area (Å²) in [6.07, 6.45) is 6.68. The molecule has 8 heteroatoms. The van der Waals surface area contributed by atoms with Crippen molar-refractivity contribution in [3.05, 3.63) is 40.7 Å². The van der Waals surface area contributed by atoms with Gasteiger partial charge in [0.1, 0.15) is 4.88 Å². The second kappa shape index (κ2) is 6.29. The Balaban J connectivity index is 1.87. The van der Waals surface area contributed by atoms with E-state index >= 15 is 0 Å². The van der Waals surface area contributed by atoms with Gasteiger partial charge in [-0.15, -0.1) is 0 Å². The van der Waals surface area contributed by atoms with Crippen LogP contribution >= 0.6 is 11.3 Å². The number of carbonyl (C=O) groups excluding carboxylic acids is 1. The Hall–Kier alpha value is -2.74. The molecule has 3 heterocycles. The van der Waals surface area contributed by atoms with Crippen molar-refractivity contribution < 1.29 is 14.3 Å². The van der Waals surface area contributed by atoms with E-state index in [0.29, 0.717) is 16.5 Å². The lowest BCUT2D eigenvalue weighted by molar-refractivity contribution is 0.0531. The van der Waals surface area contributed by atoms with Crippen LogP contribution in [-0.2, 0) is 24.6 Å². The summed E-state index contributed by atoms with van der Waals surface area (Å²) in [6.45, 7) is 2.13. The summed E-state index contributed by atoms with van der Waals surface area (Å²) < 4.78 is 12.9. The third-order valence-electron chi connectivity index (χ3n) is 4.06. The number of hydrogen-bond donors (Lipinski definition) is 0. The Labute approximate surface area is 148 Å². The summed E-state index contributed by atoms with van der Waals surface area (Å²) in [5.74, 6) is -0.321. The van der Waals surface area contributed by atoms with Crippen LogP contribution < -0.4 is 4.74 Å². The lowest BCUT2D eigenvalue weighted by Crippen LogP contribution is -2.10. The van der Waals surface area contributed by atoms with Gasteiger partial charge in [0.05, 0.1) is 24.1 Å². The number of carbonyl (C=O) groups is 1. The molecule has 0 aliphatic heterocycles. The molecule has 0 unspecified atom stereocenters. The number of fused-ring (bicyclic) bond motifs is 3. The van der Waals surface area contributed by atoms with Crippen LogP contribution in [0, 0.1) is 0 Å². The maximum Gasteiger partial charge on any atom is 0.348 e. The molecule has 0 saturated heterocycles. The van der Waals surface area contributed by atoms with Gasteiger partial charge < -0.3 is 9.47 Å². The zero-order valence-corrected chi connectivity index (χ0v) is 14.7. The van der Waals surface area contributed by atoms with Gasteiger partial charge in [0.15, 0.2) is 5.06 Å². The number of ether oxygens (including phenoxy) is 2. The summed E-state index contributed by atoms with van der Waals surface area (Å²) >= 11 is 1.28. The van der Waals surface area contributed by atoms with E-state index in [9.17, 15) is 4.79 Å². The predicted octanol–water partition coefficient (Wildman–Crippen LogP) is 3.01. The molecule has 3 aromatic heterocycles. The van der Waals surface area contributed by atoms with E-state index in [1.807, 2.05) is 17.9 Å². The molecule has 0 N–H and O–H groups in total. The van der Waals surface area contributed by atoms with Gasteiger partial charge in [-0.3, -0.25) is 4.68 Å². The van der Waals surface area contributed by atoms with Gasteiger partial charge in [0.25, 0.3) is 0 Å². The molecule has 128 valence electrons. The van der Waals surface area contributed by atoms with Crippen molar-refractivity contribution in [3.63, 3.8) is 0 Å². The van der Waals surface area contributed by atoms with E-state index in [-0.39, 0.29) is 12.0 Å². The molecule has 1 aliphatic rings. The molecule has 1 aliphatic carbocycles. The van der Waals surface area contributed by atoms with Crippen LogP contribution in [0.25, 0.3) is 11.3 Å². The highest BCUT2D eigenvalue weighted by Crippen LogP contribution is 2.48. The summed E-state index contributed by atoms with van der Waals surface area (Å²) in [4.78, 5) is 21.2. The van der Waals surface area contributed by atoms with Crippen LogP contribution in [0.2, 0.25) is 0 Å². The van der Waals surface area contributed by atoms with E-state index in [2.05, 4.69) is 15.1 Å². The zero-order valence-electron chi connectivity index (χ0n) is 13.9. The van der Waals surface area contributed by atoms with Crippen molar-refractivity contribution >= 4 is 17.3 Å². The normalized spacial score (nSPS) is 12.4. The minimum absolute atomic E-state index is 0.247. The van der Waals surface area contributed by atoms with Crippen molar-refractivity contribution in [2.75, 3.05) is 6.61 Å². The molecule has 0 spiro atoms. The van der Waals surface area contributed by atoms with Crippen molar-refractivity contribution in [1.29, 1.82) is 0 Å². The third kappa shape index (κ3) is 2.68. The van der Waals surface area contributed by atoms with Gasteiger partial charge in [0, 0.05) is 19.4 Å². The van der Waals surface area contributed by atoms with E-state index in [1.54, 1.807) is 25.4 Å². The maximum absolute atomic E-state index is 12.4. The second-order valence-electron chi connectivity index (χ2n) is 5.57. The van der Waals surface area contributed by atoms with Gasteiger partial charge in [-0.2, -0.15) is 5.10 Å². The van der Waals surface area contributed by atoms with E-state index < -0.39 is 0 Å². The van der Waals surface area contributed by atoms with Crippen molar-refractivity contribution in [2.24, 2.45) is 7.05 Å². The molecular weight excluding hydrogens is 340 g/mol. The molecule has 0 bridgehead atoms. The van der Waals surface area contributed by atoms with Crippen LogP contribution in [0.1, 0.15) is 27.7 Å². The van der Waals surface area contributed by atoms with Gasteiger partial charge in [-0.05, 0) is 37.0 Å². The first kappa shape index (κ1) is 15.8. The monoisotopic (exact) mass is 356 g/mol. The highest BCUT2D eigenvalue weighted by atomic mass is 32.1. The lowest BCUT2D eigenvalue weighted by Gasteiger charge is -2.15. The molecule has 3 aromatic rings. The molecule has 4 rings (SSSR count). The Morgan fingerprint density at radius 1 is 1.32 bits per heavy atom. The highest BCUT2D eigenvalue weighted by Gasteiger charge is 2.32. The first-order valence-electron chi connectivity index (χ1n) is 7.98. The quantitative estimate of drug-likeness (QED) is 0.669. The van der Waals surface area contributed by atoms with Gasteiger partial charge >= 0.3 is 12.0 Å². The van der Waals surface area contributed by atoms with Crippen molar-refractivity contribution in [2.45, 2.75) is 19.8 Å². The predicted molar refractivity (Wildman–Crippen MR) is 92.0 cm³/mol. The molecule has 0 atom stereocenters. The van der Waals surface area contributed by atoms with Crippen LogP contribution in [-0.4, -0.2) is 32.3 Å². The Bertz CT molecular complexity index is 933. The standard InChI is InChI=1S/C17H16N4O3S/c1-3-23-15(22)14-11-6-5-10-9-20-21(2)13(10)12(11)16(25-14)24-17-18-7-4-8-19-17/h4,7-9H,3,5-6H2,1-2H3. The van der Waals surface area contributed by atoms with Gasteiger partial charge in [0.2, 0.25) is 0 Å². The minimum atomic E-state index is -0.321. The molecule has 0 saturated carbocycles. The molecule has 0 fully saturated rings. The number of aryl methyl sites for hydroxylation is 2. The van der Waals surface area contributed by atoms with E-state index in [0.717, 1.165) is 35.2 Å². The molecule has 7 nitrogen and oxygen atoms in total. The SMILES string of the molecule is CCOC(=O)c1sc(Oc2ncccn2)c2c1CCc1cnn(C)c1-2. The summed E-state index contributed by atoms with van der Waals surface area (Å²) in [7, 11) is 1.89. The summed E-state index contributed by atoms with van der Waals surface area (Å²) in [6, 6.07) is 1.97. The molecule has 0 radical (unpaired) electrons.